The van der Waals surface area contributed by atoms with Gasteiger partial charge in [0, 0.05) is 52.4 Å². The summed E-state index contributed by atoms with van der Waals surface area (Å²) in [4.78, 5) is 20.6. The van der Waals surface area contributed by atoms with Gasteiger partial charge in [0.2, 0.25) is 0 Å². The highest BCUT2D eigenvalue weighted by atomic mass is 127. The Balaban J connectivity index is 0.00000385. The van der Waals surface area contributed by atoms with Crippen molar-refractivity contribution in [2.24, 2.45) is 4.99 Å². The van der Waals surface area contributed by atoms with Crippen LogP contribution in [-0.4, -0.2) is 55.4 Å². The first-order chi connectivity index (χ1) is 15.5. The summed E-state index contributed by atoms with van der Waals surface area (Å²) in [6.07, 6.45) is 3.93. The van der Waals surface area contributed by atoms with Gasteiger partial charge in [-0.05, 0) is 55.1 Å². The molecule has 1 saturated heterocycles. The second kappa shape index (κ2) is 13.5. The van der Waals surface area contributed by atoms with Crippen molar-refractivity contribution in [1.29, 1.82) is 0 Å². The van der Waals surface area contributed by atoms with Gasteiger partial charge in [-0.15, -0.1) is 24.0 Å². The summed E-state index contributed by atoms with van der Waals surface area (Å²) in [6.45, 7) is 5.90. The first-order valence-corrected chi connectivity index (χ1v) is 11.5. The number of guanidine groups is 1. The van der Waals surface area contributed by atoms with Crippen LogP contribution in [0.2, 0.25) is 0 Å². The molecule has 1 unspecified atom stereocenters. The fourth-order valence-electron chi connectivity index (χ4n) is 4.10. The number of nitrogens with one attached hydrogen (secondary N) is 2. The molecule has 180 valence electrons. The summed E-state index contributed by atoms with van der Waals surface area (Å²) in [6, 6.07) is 17.0. The topological polar surface area (TPSA) is 60.0 Å². The maximum Gasteiger partial charge on any atom is 0.253 e. The number of amides is 1. The number of halogens is 1. The summed E-state index contributed by atoms with van der Waals surface area (Å²) >= 11 is 0. The van der Waals surface area contributed by atoms with E-state index in [0.717, 1.165) is 24.6 Å². The Morgan fingerprint density at radius 3 is 2.33 bits per heavy atom. The van der Waals surface area contributed by atoms with E-state index in [0.29, 0.717) is 18.2 Å². The SMILES string of the molecule is CN=C(NCc1ccc(C(=O)N(C)C)cc1)NCc1ccccc1CN1CCCCC1C.I. The number of carbonyl (C=O) groups is 1. The van der Waals surface area contributed by atoms with Gasteiger partial charge in [-0.1, -0.05) is 42.8 Å². The lowest BCUT2D eigenvalue weighted by atomic mass is 10.0. The van der Waals surface area contributed by atoms with E-state index >= 15 is 0 Å². The van der Waals surface area contributed by atoms with Crippen molar-refractivity contribution >= 4 is 35.8 Å². The van der Waals surface area contributed by atoms with E-state index < -0.39 is 0 Å². The van der Waals surface area contributed by atoms with Crippen LogP contribution >= 0.6 is 24.0 Å². The normalized spacial score (nSPS) is 16.6. The molecule has 2 N–H and O–H groups in total. The van der Waals surface area contributed by atoms with Crippen molar-refractivity contribution < 1.29 is 4.79 Å². The Bertz CT molecular complexity index is 913. The van der Waals surface area contributed by atoms with Gasteiger partial charge in [0.05, 0.1) is 0 Å². The molecule has 2 aromatic rings. The number of hydrogen-bond donors (Lipinski definition) is 2. The van der Waals surface area contributed by atoms with Crippen LogP contribution in [0.15, 0.2) is 53.5 Å². The molecular weight excluding hydrogens is 525 g/mol. The molecule has 0 radical (unpaired) electrons. The van der Waals surface area contributed by atoms with Crippen molar-refractivity contribution in [2.75, 3.05) is 27.7 Å². The number of carbonyl (C=O) groups excluding carboxylic acids is 1. The maximum atomic E-state index is 12.0. The van der Waals surface area contributed by atoms with E-state index in [9.17, 15) is 4.79 Å². The zero-order valence-electron chi connectivity index (χ0n) is 20.3. The lowest BCUT2D eigenvalue weighted by Crippen LogP contribution is -2.38. The van der Waals surface area contributed by atoms with Crippen LogP contribution in [0, 0.1) is 0 Å². The van der Waals surface area contributed by atoms with Crippen LogP contribution in [0.4, 0.5) is 0 Å². The fraction of sp³-hybridized carbons (Fsp3) is 0.462. The minimum Gasteiger partial charge on any atom is -0.352 e. The van der Waals surface area contributed by atoms with Crippen molar-refractivity contribution in [2.45, 2.75) is 51.9 Å². The highest BCUT2D eigenvalue weighted by molar-refractivity contribution is 14.0. The summed E-state index contributed by atoms with van der Waals surface area (Å²) in [7, 11) is 5.31. The lowest BCUT2D eigenvalue weighted by Gasteiger charge is -2.33. The molecule has 0 bridgehead atoms. The lowest BCUT2D eigenvalue weighted by molar-refractivity contribution is 0.0827. The van der Waals surface area contributed by atoms with Crippen LogP contribution in [0.1, 0.15) is 53.2 Å². The van der Waals surface area contributed by atoms with E-state index in [2.05, 4.69) is 51.7 Å². The predicted octanol–water partition coefficient (Wildman–Crippen LogP) is 4.25. The first-order valence-electron chi connectivity index (χ1n) is 11.5. The van der Waals surface area contributed by atoms with E-state index in [1.165, 1.54) is 36.9 Å². The number of hydrogen-bond acceptors (Lipinski definition) is 3. The van der Waals surface area contributed by atoms with E-state index in [1.807, 2.05) is 24.3 Å². The van der Waals surface area contributed by atoms with E-state index in [4.69, 9.17) is 0 Å². The average molecular weight is 564 g/mol. The molecule has 6 nitrogen and oxygen atoms in total. The van der Waals surface area contributed by atoms with Crippen molar-refractivity contribution in [3.8, 4) is 0 Å². The van der Waals surface area contributed by atoms with Crippen LogP contribution in [-0.2, 0) is 19.6 Å². The monoisotopic (exact) mass is 563 g/mol. The number of nitrogens with zero attached hydrogens (tertiary/aromatic N) is 3. The highest BCUT2D eigenvalue weighted by Gasteiger charge is 2.19. The Labute approximate surface area is 215 Å². The second-order valence-electron chi connectivity index (χ2n) is 8.76. The summed E-state index contributed by atoms with van der Waals surface area (Å²) in [5, 5.41) is 6.82. The number of benzene rings is 2. The van der Waals surface area contributed by atoms with Crippen LogP contribution in [0.5, 0.6) is 0 Å². The van der Waals surface area contributed by atoms with Crippen LogP contribution in [0.3, 0.4) is 0 Å². The number of rotatable bonds is 7. The van der Waals surface area contributed by atoms with Crippen molar-refractivity contribution in [3.63, 3.8) is 0 Å². The molecule has 0 saturated carbocycles. The number of aliphatic imine (C=N–C) groups is 1. The van der Waals surface area contributed by atoms with Gasteiger partial charge in [0.25, 0.3) is 5.91 Å². The molecule has 1 atom stereocenters. The van der Waals surface area contributed by atoms with E-state index in [-0.39, 0.29) is 29.9 Å². The molecule has 0 aromatic heterocycles. The number of likely N-dealkylation sites (tertiary alicyclic amines) is 1. The van der Waals surface area contributed by atoms with Crippen molar-refractivity contribution in [3.05, 3.63) is 70.8 Å². The zero-order valence-corrected chi connectivity index (χ0v) is 22.6. The van der Waals surface area contributed by atoms with Gasteiger partial charge in [-0.25, -0.2) is 0 Å². The predicted molar refractivity (Wildman–Crippen MR) is 147 cm³/mol. The van der Waals surface area contributed by atoms with Crippen molar-refractivity contribution in [1.82, 2.24) is 20.4 Å². The first kappa shape index (κ1) is 27.1. The largest absolute Gasteiger partial charge is 0.352 e. The molecule has 0 spiro atoms. The summed E-state index contributed by atoms with van der Waals surface area (Å²) in [5.41, 5.74) is 4.48. The highest BCUT2D eigenvalue weighted by Crippen LogP contribution is 2.20. The maximum absolute atomic E-state index is 12.0. The Morgan fingerprint density at radius 1 is 1.03 bits per heavy atom. The number of piperidine rings is 1. The molecule has 0 aliphatic carbocycles. The third-order valence-corrected chi connectivity index (χ3v) is 6.17. The summed E-state index contributed by atoms with van der Waals surface area (Å²) < 4.78 is 0. The third kappa shape index (κ3) is 7.99. The average Bonchev–Trinajstić information content (AvgIpc) is 2.81. The second-order valence-corrected chi connectivity index (χ2v) is 8.76. The van der Waals surface area contributed by atoms with Gasteiger partial charge >= 0.3 is 0 Å². The minimum atomic E-state index is 0. The van der Waals surface area contributed by atoms with Gasteiger partial charge in [0.15, 0.2) is 5.96 Å². The van der Waals surface area contributed by atoms with Gasteiger partial charge in [0.1, 0.15) is 0 Å². The third-order valence-electron chi connectivity index (χ3n) is 6.17. The molecule has 2 aromatic carbocycles. The van der Waals surface area contributed by atoms with Gasteiger partial charge in [-0.3, -0.25) is 14.7 Å². The Hall–Kier alpha value is -2.13. The van der Waals surface area contributed by atoms with Crippen LogP contribution in [0.25, 0.3) is 0 Å². The fourth-order valence-corrected chi connectivity index (χ4v) is 4.10. The molecule has 1 aliphatic rings. The molecule has 33 heavy (non-hydrogen) atoms. The van der Waals surface area contributed by atoms with E-state index in [1.54, 1.807) is 26.0 Å². The molecule has 7 heteroatoms. The molecule has 1 fully saturated rings. The molecule has 1 amide bonds. The van der Waals surface area contributed by atoms with Gasteiger partial charge < -0.3 is 15.5 Å². The Kier molecular flexibility index (Phi) is 11.1. The van der Waals surface area contributed by atoms with Gasteiger partial charge in [-0.2, -0.15) is 0 Å². The quantitative estimate of drug-likeness (QED) is 0.301. The van der Waals surface area contributed by atoms with Crippen LogP contribution < -0.4 is 10.6 Å². The Morgan fingerprint density at radius 2 is 1.70 bits per heavy atom. The zero-order chi connectivity index (χ0) is 22.9. The minimum absolute atomic E-state index is 0. The standard InChI is InChI=1S/C26H37N5O.HI/c1-20-9-7-8-16-31(20)19-24-11-6-5-10-23(24)18-29-26(27-2)28-17-21-12-14-22(15-13-21)25(32)30(3)4;/h5-6,10-15,20H,7-9,16-19H2,1-4H3,(H2,27,28,29);1H. The summed E-state index contributed by atoms with van der Waals surface area (Å²) in [5.74, 6) is 0.777. The smallest absolute Gasteiger partial charge is 0.253 e. The molecule has 1 aliphatic heterocycles. The molecule has 1 heterocycles. The molecular formula is C26H38IN5O. The molecule has 3 rings (SSSR count).